The fraction of sp³-hybridized carbons (Fsp3) is 0.462. The van der Waals surface area contributed by atoms with E-state index in [-0.39, 0.29) is 23.6 Å². The summed E-state index contributed by atoms with van der Waals surface area (Å²) in [6.45, 7) is 3.26. The van der Waals surface area contributed by atoms with Gasteiger partial charge in [0.15, 0.2) is 11.5 Å². The van der Waals surface area contributed by atoms with Gasteiger partial charge in [0, 0.05) is 40.4 Å². The average Bonchev–Trinajstić information content (AvgIpc) is 3.45. The number of esters is 1. The van der Waals surface area contributed by atoms with Gasteiger partial charge in [-0.25, -0.2) is 4.79 Å². The zero-order valence-corrected chi connectivity index (χ0v) is 20.2. The summed E-state index contributed by atoms with van der Waals surface area (Å²) in [6, 6.07) is 6.21. The number of nitrogens with zero attached hydrogens (tertiary/aromatic N) is 1. The van der Waals surface area contributed by atoms with Gasteiger partial charge in [-0.3, -0.25) is 4.79 Å². The lowest BCUT2D eigenvalue weighted by molar-refractivity contribution is -0.163. The predicted molar refractivity (Wildman–Crippen MR) is 129 cm³/mol. The number of carbonyl (C=O) groups is 1. The number of hydrogen-bond acceptors (Lipinski definition) is 7. The third-order valence-corrected chi connectivity index (χ3v) is 8.23. The molecule has 1 saturated carbocycles. The number of hydrogen-bond donors (Lipinski definition) is 0. The monoisotopic (exact) mass is 481 g/mol. The molecule has 0 radical (unpaired) electrons. The van der Waals surface area contributed by atoms with Crippen LogP contribution in [0.4, 0.5) is 0 Å². The van der Waals surface area contributed by atoms with Crippen LogP contribution in [0.1, 0.15) is 53.0 Å². The SMILES string of the molecule is CCOC(=O)c1cn(C2CC2)c2c(OC)c(-c3cc4c(s3)CCC3(C4)OCCO3)ccc2c1=O. The highest BCUT2D eigenvalue weighted by atomic mass is 32.1. The van der Waals surface area contributed by atoms with Gasteiger partial charge in [0.05, 0.1) is 37.8 Å². The van der Waals surface area contributed by atoms with Gasteiger partial charge in [-0.1, -0.05) is 0 Å². The van der Waals surface area contributed by atoms with Gasteiger partial charge >= 0.3 is 5.97 Å². The van der Waals surface area contributed by atoms with Crippen LogP contribution in [0.2, 0.25) is 0 Å². The van der Waals surface area contributed by atoms with Crippen LogP contribution in [0.3, 0.4) is 0 Å². The molecule has 0 atom stereocenters. The molecule has 178 valence electrons. The van der Waals surface area contributed by atoms with Crippen molar-refractivity contribution in [2.24, 2.45) is 0 Å². The highest BCUT2D eigenvalue weighted by Crippen LogP contribution is 2.46. The molecule has 7 nitrogen and oxygen atoms in total. The standard InChI is InChI=1S/C26H27NO6S/c1-3-31-25(29)19-14-27(16-4-5-16)22-18(23(19)28)7-6-17(24(22)30-2)21-12-15-13-26(32-10-11-33-26)9-8-20(15)34-21/h6-7,12,14,16H,3-5,8-11,13H2,1-2H3. The number of fused-ring (bicyclic) bond motifs is 2. The Kier molecular flexibility index (Phi) is 5.28. The van der Waals surface area contributed by atoms with E-state index in [1.54, 1.807) is 31.6 Å². The van der Waals surface area contributed by atoms with Crippen molar-refractivity contribution >= 4 is 28.2 Å². The number of aryl methyl sites for hydroxylation is 1. The second kappa shape index (κ2) is 8.22. The van der Waals surface area contributed by atoms with Crippen molar-refractivity contribution in [3.63, 3.8) is 0 Å². The van der Waals surface area contributed by atoms with Crippen molar-refractivity contribution in [2.75, 3.05) is 26.9 Å². The van der Waals surface area contributed by atoms with Gasteiger partial charge in [0.2, 0.25) is 5.43 Å². The smallest absolute Gasteiger partial charge is 0.343 e. The highest BCUT2D eigenvalue weighted by Gasteiger charge is 2.40. The molecule has 1 spiro atoms. The molecule has 0 bridgehead atoms. The Bertz CT molecular complexity index is 1350. The van der Waals surface area contributed by atoms with Crippen LogP contribution in [-0.4, -0.2) is 43.3 Å². The first-order chi connectivity index (χ1) is 16.5. The molecule has 1 aliphatic heterocycles. The van der Waals surface area contributed by atoms with Gasteiger partial charge in [-0.2, -0.15) is 0 Å². The first-order valence-electron chi connectivity index (χ1n) is 11.9. The van der Waals surface area contributed by atoms with Gasteiger partial charge in [0.1, 0.15) is 5.56 Å². The minimum Gasteiger partial charge on any atom is -0.494 e. The van der Waals surface area contributed by atoms with Crippen molar-refractivity contribution in [1.82, 2.24) is 4.57 Å². The molecule has 6 rings (SSSR count). The average molecular weight is 482 g/mol. The summed E-state index contributed by atoms with van der Waals surface area (Å²) < 4.78 is 25.0. The maximum atomic E-state index is 13.3. The van der Waals surface area contributed by atoms with Crippen LogP contribution in [0.15, 0.2) is 29.2 Å². The van der Waals surface area contributed by atoms with E-state index in [4.69, 9.17) is 18.9 Å². The number of aromatic nitrogens is 1. The molecular formula is C26H27NO6S. The third-order valence-electron chi connectivity index (χ3n) is 6.96. The lowest BCUT2D eigenvalue weighted by Crippen LogP contribution is -2.36. The Morgan fingerprint density at radius 3 is 2.76 bits per heavy atom. The first-order valence-corrected chi connectivity index (χ1v) is 12.7. The second-order valence-electron chi connectivity index (χ2n) is 9.12. The van der Waals surface area contributed by atoms with E-state index in [0.29, 0.717) is 24.3 Å². The summed E-state index contributed by atoms with van der Waals surface area (Å²) >= 11 is 1.76. The van der Waals surface area contributed by atoms with Crippen molar-refractivity contribution in [3.8, 4) is 16.2 Å². The molecule has 0 N–H and O–H groups in total. The minimum atomic E-state index is -0.581. The fourth-order valence-electron chi connectivity index (χ4n) is 5.20. The van der Waals surface area contributed by atoms with E-state index in [1.165, 1.54) is 10.4 Å². The number of rotatable bonds is 5. The second-order valence-corrected chi connectivity index (χ2v) is 10.3. The number of pyridine rings is 1. The number of benzene rings is 1. The Hall–Kier alpha value is -2.68. The van der Waals surface area contributed by atoms with E-state index < -0.39 is 11.8 Å². The third kappa shape index (κ3) is 3.47. The van der Waals surface area contributed by atoms with E-state index >= 15 is 0 Å². The molecule has 3 aromatic rings. The molecule has 3 heterocycles. The summed E-state index contributed by atoms with van der Waals surface area (Å²) in [5.41, 5.74) is 2.70. The molecule has 8 heteroatoms. The Labute approximate surface area is 201 Å². The van der Waals surface area contributed by atoms with Gasteiger partial charge < -0.3 is 23.5 Å². The summed E-state index contributed by atoms with van der Waals surface area (Å²) in [5, 5.41) is 0.478. The van der Waals surface area contributed by atoms with Gasteiger partial charge in [0.25, 0.3) is 0 Å². The molecule has 1 aromatic carbocycles. The lowest BCUT2D eigenvalue weighted by Gasteiger charge is -2.31. The van der Waals surface area contributed by atoms with Gasteiger partial charge in [-0.15, -0.1) is 11.3 Å². The number of ether oxygens (including phenoxy) is 4. The largest absolute Gasteiger partial charge is 0.494 e. The van der Waals surface area contributed by atoms with Crippen LogP contribution < -0.4 is 10.2 Å². The van der Waals surface area contributed by atoms with E-state index in [1.807, 2.05) is 16.7 Å². The molecular weight excluding hydrogens is 454 g/mol. The lowest BCUT2D eigenvalue weighted by atomic mass is 9.92. The molecule has 3 aliphatic rings. The van der Waals surface area contributed by atoms with Crippen LogP contribution in [-0.2, 0) is 27.1 Å². The fourth-order valence-corrected chi connectivity index (χ4v) is 6.40. The minimum absolute atomic E-state index is 0.0736. The highest BCUT2D eigenvalue weighted by molar-refractivity contribution is 7.15. The summed E-state index contributed by atoms with van der Waals surface area (Å²) in [6.07, 6.45) is 6.21. The molecule has 1 saturated heterocycles. The molecule has 0 amide bonds. The van der Waals surface area contributed by atoms with Crippen molar-refractivity contribution in [2.45, 2.75) is 50.9 Å². The summed E-state index contributed by atoms with van der Waals surface area (Å²) in [4.78, 5) is 28.2. The Balaban J connectivity index is 1.49. The Morgan fingerprint density at radius 1 is 1.26 bits per heavy atom. The quantitative estimate of drug-likeness (QED) is 0.500. The van der Waals surface area contributed by atoms with Gasteiger partial charge in [-0.05, 0) is 49.9 Å². The topological polar surface area (TPSA) is 76.0 Å². The van der Waals surface area contributed by atoms with E-state index in [0.717, 1.165) is 48.1 Å². The predicted octanol–water partition coefficient (Wildman–Crippen LogP) is 4.48. The normalized spacial score (nSPS) is 18.9. The van der Waals surface area contributed by atoms with Crippen molar-refractivity contribution in [1.29, 1.82) is 0 Å². The Morgan fingerprint density at radius 2 is 2.06 bits per heavy atom. The van der Waals surface area contributed by atoms with Crippen LogP contribution >= 0.6 is 11.3 Å². The van der Waals surface area contributed by atoms with Crippen LogP contribution in [0.5, 0.6) is 5.75 Å². The molecule has 2 aliphatic carbocycles. The maximum Gasteiger partial charge on any atom is 0.343 e. The zero-order valence-electron chi connectivity index (χ0n) is 19.3. The molecule has 34 heavy (non-hydrogen) atoms. The number of methoxy groups -OCH3 is 1. The van der Waals surface area contributed by atoms with E-state index in [9.17, 15) is 9.59 Å². The summed E-state index contributed by atoms with van der Waals surface area (Å²) in [5.74, 6) is -0.393. The van der Waals surface area contributed by atoms with Crippen LogP contribution in [0, 0.1) is 0 Å². The van der Waals surface area contributed by atoms with Crippen molar-refractivity contribution < 1.29 is 23.7 Å². The van der Waals surface area contributed by atoms with Crippen molar-refractivity contribution in [3.05, 3.63) is 50.6 Å². The number of thiophene rings is 1. The van der Waals surface area contributed by atoms with E-state index in [2.05, 4.69) is 6.07 Å². The molecule has 2 fully saturated rings. The van der Waals surface area contributed by atoms with Crippen LogP contribution in [0.25, 0.3) is 21.3 Å². The maximum absolute atomic E-state index is 13.3. The number of carbonyl (C=O) groups excluding carboxylic acids is 1. The zero-order chi connectivity index (χ0) is 23.4. The summed E-state index contributed by atoms with van der Waals surface area (Å²) in [7, 11) is 1.64. The molecule has 2 aromatic heterocycles. The molecule has 0 unspecified atom stereocenters. The first kappa shape index (κ1) is 21.8.